The zero-order chi connectivity index (χ0) is 18.3. The van der Waals surface area contributed by atoms with E-state index in [1.165, 1.54) is 11.0 Å². The van der Waals surface area contributed by atoms with Gasteiger partial charge in [-0.05, 0) is 44.4 Å². The summed E-state index contributed by atoms with van der Waals surface area (Å²) in [4.78, 5) is 37.4. The van der Waals surface area contributed by atoms with E-state index in [-0.39, 0.29) is 17.7 Å². The molecule has 1 atom stereocenters. The molecule has 0 spiro atoms. The van der Waals surface area contributed by atoms with Gasteiger partial charge < -0.3 is 19.5 Å². The van der Waals surface area contributed by atoms with Crippen LogP contribution in [0.2, 0.25) is 0 Å². The van der Waals surface area contributed by atoms with Crippen molar-refractivity contribution < 1.29 is 24.2 Å². The zero-order valence-corrected chi connectivity index (χ0v) is 14.0. The molecule has 2 heterocycles. The highest BCUT2D eigenvalue weighted by atomic mass is 16.4. The molecule has 7 nitrogen and oxygen atoms in total. The fourth-order valence-electron chi connectivity index (χ4n) is 3.36. The number of carbonyl (C=O) groups excluding carboxylic acids is 1. The van der Waals surface area contributed by atoms with Gasteiger partial charge in [-0.2, -0.15) is 0 Å². The molecule has 132 valence electrons. The minimum atomic E-state index is -1.03. The van der Waals surface area contributed by atoms with Crippen LogP contribution in [-0.4, -0.2) is 39.6 Å². The zero-order valence-electron chi connectivity index (χ0n) is 14.0. The summed E-state index contributed by atoms with van der Waals surface area (Å²) in [5.41, 5.74) is 0.940. The van der Waals surface area contributed by atoms with E-state index < -0.39 is 23.5 Å². The van der Waals surface area contributed by atoms with Crippen LogP contribution in [0, 0.1) is 13.8 Å². The van der Waals surface area contributed by atoms with Crippen molar-refractivity contribution in [3.63, 3.8) is 0 Å². The lowest BCUT2D eigenvalue weighted by atomic mass is 10.0. The maximum atomic E-state index is 12.5. The van der Waals surface area contributed by atoms with Gasteiger partial charge in [0.2, 0.25) is 5.91 Å². The second-order valence-electron chi connectivity index (χ2n) is 6.34. The molecule has 0 radical (unpaired) electrons. The van der Waals surface area contributed by atoms with Crippen molar-refractivity contribution >= 4 is 22.8 Å². The molecule has 1 aliphatic rings. The van der Waals surface area contributed by atoms with E-state index in [2.05, 4.69) is 0 Å². The molecule has 1 aromatic carbocycles. The van der Waals surface area contributed by atoms with Crippen molar-refractivity contribution in [3.05, 3.63) is 39.2 Å². The Hall–Kier alpha value is -2.83. The number of carboxylic acid groups (broad SMARTS) is 1. The quantitative estimate of drug-likeness (QED) is 0.820. The van der Waals surface area contributed by atoms with E-state index in [4.69, 9.17) is 4.42 Å². The SMILES string of the molecule is Cc1c(CC(=O)N2CCC[C@H]2C(=O)O)c(=O)oc2c(C)c(O)ccc12. The van der Waals surface area contributed by atoms with Gasteiger partial charge in [-0.15, -0.1) is 0 Å². The fourth-order valence-corrected chi connectivity index (χ4v) is 3.36. The van der Waals surface area contributed by atoms with Gasteiger partial charge in [-0.25, -0.2) is 9.59 Å². The Balaban J connectivity index is 1.99. The number of fused-ring (bicyclic) bond motifs is 1. The number of carbonyl (C=O) groups is 2. The molecule has 3 rings (SSSR count). The van der Waals surface area contributed by atoms with Crippen LogP contribution in [-0.2, 0) is 16.0 Å². The van der Waals surface area contributed by atoms with Gasteiger partial charge in [0, 0.05) is 17.5 Å². The number of phenols is 1. The van der Waals surface area contributed by atoms with E-state index >= 15 is 0 Å². The van der Waals surface area contributed by atoms with Gasteiger partial charge in [-0.1, -0.05) is 0 Å². The lowest BCUT2D eigenvalue weighted by molar-refractivity contribution is -0.148. The van der Waals surface area contributed by atoms with Gasteiger partial charge in [0.25, 0.3) is 0 Å². The van der Waals surface area contributed by atoms with Gasteiger partial charge in [0.1, 0.15) is 17.4 Å². The number of phenolic OH excluding ortho intramolecular Hbond substituents is 1. The molecule has 0 bridgehead atoms. The standard InChI is InChI=1S/C18H19NO6/c1-9-11-5-6-14(20)10(2)16(11)25-18(24)12(9)8-15(21)19-7-3-4-13(19)17(22)23/h5-6,13,20H,3-4,7-8H2,1-2H3,(H,22,23)/t13-/m0/s1. The molecule has 0 aliphatic carbocycles. The number of likely N-dealkylation sites (tertiary alicyclic amines) is 1. The average molecular weight is 345 g/mol. The Bertz CT molecular complexity index is 929. The molecule has 1 aliphatic heterocycles. The fraction of sp³-hybridized carbons (Fsp3) is 0.389. The largest absolute Gasteiger partial charge is 0.508 e. The van der Waals surface area contributed by atoms with Crippen LogP contribution in [0.25, 0.3) is 11.0 Å². The highest BCUT2D eigenvalue weighted by Gasteiger charge is 2.34. The van der Waals surface area contributed by atoms with Crippen molar-refractivity contribution in [1.82, 2.24) is 4.90 Å². The molecule has 0 unspecified atom stereocenters. The summed E-state index contributed by atoms with van der Waals surface area (Å²) in [6, 6.07) is 2.32. The number of rotatable bonds is 3. The molecule has 1 saturated heterocycles. The van der Waals surface area contributed by atoms with Crippen molar-refractivity contribution in [1.29, 1.82) is 0 Å². The second-order valence-corrected chi connectivity index (χ2v) is 6.34. The smallest absolute Gasteiger partial charge is 0.340 e. The number of hydrogen-bond acceptors (Lipinski definition) is 5. The number of benzene rings is 1. The number of hydrogen-bond donors (Lipinski definition) is 2. The topological polar surface area (TPSA) is 108 Å². The number of aliphatic carboxylic acids is 1. The normalized spacial score (nSPS) is 17.2. The third-order valence-electron chi connectivity index (χ3n) is 4.86. The van der Waals surface area contributed by atoms with Crippen LogP contribution in [0.5, 0.6) is 5.75 Å². The predicted molar refractivity (Wildman–Crippen MR) is 89.7 cm³/mol. The molecular weight excluding hydrogens is 326 g/mol. The Morgan fingerprint density at radius 3 is 2.68 bits per heavy atom. The molecule has 0 saturated carbocycles. The maximum absolute atomic E-state index is 12.5. The van der Waals surface area contributed by atoms with E-state index in [1.54, 1.807) is 19.9 Å². The molecular formula is C18H19NO6. The van der Waals surface area contributed by atoms with Crippen LogP contribution >= 0.6 is 0 Å². The lowest BCUT2D eigenvalue weighted by Gasteiger charge is -2.21. The van der Waals surface area contributed by atoms with E-state index in [0.29, 0.717) is 41.5 Å². The van der Waals surface area contributed by atoms with E-state index in [0.717, 1.165) is 0 Å². The highest BCUT2D eigenvalue weighted by molar-refractivity contribution is 5.89. The van der Waals surface area contributed by atoms with Crippen molar-refractivity contribution in [2.45, 2.75) is 39.2 Å². The molecule has 1 aromatic heterocycles. The number of amides is 1. The summed E-state index contributed by atoms with van der Waals surface area (Å²) in [5, 5.41) is 19.6. The number of aryl methyl sites for hydroxylation is 2. The van der Waals surface area contributed by atoms with Crippen LogP contribution in [0.3, 0.4) is 0 Å². The first-order valence-corrected chi connectivity index (χ1v) is 8.08. The maximum Gasteiger partial charge on any atom is 0.340 e. The van der Waals surface area contributed by atoms with Gasteiger partial charge in [0.15, 0.2) is 0 Å². The Morgan fingerprint density at radius 2 is 2.00 bits per heavy atom. The van der Waals surface area contributed by atoms with Crippen LogP contribution in [0.15, 0.2) is 21.3 Å². The summed E-state index contributed by atoms with van der Waals surface area (Å²) in [5.74, 6) is -1.39. The molecule has 7 heteroatoms. The molecule has 25 heavy (non-hydrogen) atoms. The Morgan fingerprint density at radius 1 is 1.28 bits per heavy atom. The first kappa shape index (κ1) is 17.0. The molecule has 2 N–H and O–H groups in total. The number of carboxylic acids is 1. The molecule has 1 amide bonds. The van der Waals surface area contributed by atoms with Gasteiger partial charge in [0.05, 0.1) is 12.0 Å². The summed E-state index contributed by atoms with van der Waals surface area (Å²) in [6.07, 6.45) is 0.852. The van der Waals surface area contributed by atoms with Crippen LogP contribution < -0.4 is 5.63 Å². The molecule has 1 fully saturated rings. The minimum Gasteiger partial charge on any atom is -0.508 e. The highest BCUT2D eigenvalue weighted by Crippen LogP contribution is 2.29. The first-order valence-electron chi connectivity index (χ1n) is 8.08. The summed E-state index contributed by atoms with van der Waals surface area (Å²) >= 11 is 0. The van der Waals surface area contributed by atoms with Crippen LogP contribution in [0.1, 0.15) is 29.5 Å². The average Bonchev–Trinajstić information content (AvgIpc) is 3.05. The lowest BCUT2D eigenvalue weighted by Crippen LogP contribution is -2.41. The summed E-state index contributed by atoms with van der Waals surface area (Å²) in [7, 11) is 0. The van der Waals surface area contributed by atoms with Crippen molar-refractivity contribution in [2.24, 2.45) is 0 Å². The second kappa shape index (κ2) is 6.23. The Labute approximate surface area is 143 Å². The van der Waals surface area contributed by atoms with Crippen molar-refractivity contribution in [3.8, 4) is 5.75 Å². The van der Waals surface area contributed by atoms with Gasteiger partial charge >= 0.3 is 11.6 Å². The third kappa shape index (κ3) is 2.86. The van der Waals surface area contributed by atoms with E-state index in [1.807, 2.05) is 0 Å². The first-order chi connectivity index (χ1) is 11.8. The number of aromatic hydroxyl groups is 1. The van der Waals surface area contributed by atoms with Crippen molar-refractivity contribution in [2.75, 3.05) is 6.54 Å². The van der Waals surface area contributed by atoms with E-state index in [9.17, 15) is 24.6 Å². The minimum absolute atomic E-state index is 0.0280. The van der Waals surface area contributed by atoms with Crippen LogP contribution in [0.4, 0.5) is 0 Å². The number of nitrogens with zero attached hydrogens (tertiary/aromatic N) is 1. The third-order valence-corrected chi connectivity index (χ3v) is 4.86. The summed E-state index contributed by atoms with van der Waals surface area (Å²) < 4.78 is 5.32. The Kier molecular flexibility index (Phi) is 4.24. The summed E-state index contributed by atoms with van der Waals surface area (Å²) in [6.45, 7) is 3.74. The molecule has 2 aromatic rings. The van der Waals surface area contributed by atoms with Gasteiger partial charge in [-0.3, -0.25) is 4.79 Å². The predicted octanol–water partition coefficient (Wildman–Crippen LogP) is 1.73. The monoisotopic (exact) mass is 345 g/mol.